The Balaban J connectivity index is 2.39. The van der Waals surface area contributed by atoms with Gasteiger partial charge in [0.1, 0.15) is 4.90 Å². The zero-order valence-electron chi connectivity index (χ0n) is 16.4. The molecule has 1 aliphatic rings. The van der Waals surface area contributed by atoms with Crippen molar-refractivity contribution in [3.05, 3.63) is 17.2 Å². The van der Waals surface area contributed by atoms with Gasteiger partial charge in [0.25, 0.3) is 11.2 Å². The summed E-state index contributed by atoms with van der Waals surface area (Å²) in [4.78, 5) is -0.432. The van der Waals surface area contributed by atoms with E-state index in [1.807, 2.05) is 27.7 Å². The van der Waals surface area contributed by atoms with E-state index in [4.69, 9.17) is 11.6 Å². The highest BCUT2D eigenvalue weighted by Crippen LogP contribution is 2.38. The lowest BCUT2D eigenvalue weighted by molar-refractivity contribution is 0.317. The molecule has 3 N–H and O–H groups in total. The van der Waals surface area contributed by atoms with Gasteiger partial charge in [-0.2, -0.15) is 0 Å². The maximum absolute atomic E-state index is 12.5. The molecule has 0 amide bonds. The summed E-state index contributed by atoms with van der Waals surface area (Å²) in [5.74, 6) is -0.183. The van der Waals surface area contributed by atoms with Gasteiger partial charge in [-0.25, -0.2) is 16.9 Å². The molecule has 156 valence electrons. The van der Waals surface area contributed by atoms with E-state index in [-0.39, 0.29) is 33.8 Å². The van der Waals surface area contributed by atoms with Crippen LogP contribution in [-0.2, 0) is 21.2 Å². The van der Waals surface area contributed by atoms with Gasteiger partial charge >= 0.3 is 0 Å². The van der Waals surface area contributed by atoms with E-state index >= 15 is 0 Å². The third kappa shape index (κ3) is 4.65. The fourth-order valence-electron chi connectivity index (χ4n) is 2.06. The van der Waals surface area contributed by atoms with Crippen molar-refractivity contribution in [3.8, 4) is 5.75 Å². The average Bonchev–Trinajstić information content (AvgIpc) is 2.88. The lowest BCUT2D eigenvalue weighted by atomic mass is 9.88. The lowest BCUT2D eigenvalue weighted by Crippen LogP contribution is -2.45. The molecule has 1 unspecified atom stereocenters. The molecule has 1 aliphatic heterocycles. The van der Waals surface area contributed by atoms with Crippen LogP contribution >= 0.6 is 11.6 Å². The minimum Gasteiger partial charge on any atom is -0.504 e. The number of phenols is 1. The van der Waals surface area contributed by atoms with Gasteiger partial charge in [-0.05, 0) is 24.5 Å². The van der Waals surface area contributed by atoms with Crippen molar-refractivity contribution in [1.29, 1.82) is 0 Å². The number of rotatable bonds is 4. The Morgan fingerprint density at radius 2 is 1.79 bits per heavy atom. The van der Waals surface area contributed by atoms with Gasteiger partial charge in [0.05, 0.1) is 10.7 Å². The van der Waals surface area contributed by atoms with Crippen molar-refractivity contribution in [2.75, 3.05) is 19.4 Å². The molecule has 2 atom stereocenters. The molecule has 0 fully saturated rings. The summed E-state index contributed by atoms with van der Waals surface area (Å²) >= 11 is 4.19. The van der Waals surface area contributed by atoms with E-state index in [0.29, 0.717) is 0 Å². The highest BCUT2D eigenvalue weighted by molar-refractivity contribution is 7.89. The van der Waals surface area contributed by atoms with Crippen LogP contribution in [0.5, 0.6) is 5.75 Å². The van der Waals surface area contributed by atoms with E-state index < -0.39 is 31.8 Å². The second-order valence-electron chi connectivity index (χ2n) is 7.53. The highest BCUT2D eigenvalue weighted by atomic mass is 35.5. The monoisotopic (exact) mass is 449 g/mol. The molecule has 0 spiro atoms. The number of amidine groups is 2. The minimum atomic E-state index is -3.99. The topological polar surface area (TPSA) is 123 Å². The molecule has 0 aromatic heterocycles. The number of hydrogen-bond acceptors (Lipinski definition) is 6. The third-order valence-electron chi connectivity index (χ3n) is 4.29. The van der Waals surface area contributed by atoms with Crippen LogP contribution in [0.2, 0.25) is 5.02 Å². The Bertz CT molecular complexity index is 968. The molecule has 1 aromatic carbocycles. The van der Waals surface area contributed by atoms with Crippen LogP contribution in [0.15, 0.2) is 25.8 Å². The zero-order valence-corrected chi connectivity index (χ0v) is 18.8. The first-order valence-electron chi connectivity index (χ1n) is 8.32. The van der Waals surface area contributed by atoms with Crippen molar-refractivity contribution in [3.63, 3.8) is 0 Å². The predicted octanol–water partition coefficient (Wildman–Crippen LogP) is 2.12. The largest absolute Gasteiger partial charge is 0.504 e. The van der Waals surface area contributed by atoms with Gasteiger partial charge in [0, 0.05) is 20.1 Å². The maximum atomic E-state index is 12.5. The third-order valence-corrected chi connectivity index (χ3v) is 7.29. The van der Waals surface area contributed by atoms with Crippen LogP contribution in [0.1, 0.15) is 27.7 Å². The molecule has 12 heteroatoms. The van der Waals surface area contributed by atoms with E-state index in [1.165, 1.54) is 26.2 Å². The van der Waals surface area contributed by atoms with Crippen molar-refractivity contribution in [2.24, 2.45) is 14.2 Å². The summed E-state index contributed by atoms with van der Waals surface area (Å²) in [6, 6.07) is 2.71. The van der Waals surface area contributed by atoms with Crippen LogP contribution in [0.4, 0.5) is 5.69 Å². The number of phenolic OH excluding ortho intramolecular Hbond substituents is 1. The predicted molar refractivity (Wildman–Crippen MR) is 113 cm³/mol. The standard InChI is InChI=1S/C16H24ClN5O4S2/c1-9(16(2,3)4)18-14-15(21-27(24)20-14)19-11-8-7-10(17)13(12(11)23)28(25,26)22(5)6/h7-9,23H,1-6H3,(H,18,20)(H,19,21)/t9-,27?/m0/s1. The number of benzene rings is 1. The molecular weight excluding hydrogens is 426 g/mol. The Hall–Kier alpha value is -1.69. The molecule has 0 bridgehead atoms. The number of hydrogen-bond donors (Lipinski definition) is 3. The van der Waals surface area contributed by atoms with Crippen molar-refractivity contribution in [1.82, 2.24) is 9.62 Å². The zero-order chi connectivity index (χ0) is 21.4. The Labute approximate surface area is 172 Å². The molecule has 28 heavy (non-hydrogen) atoms. The summed E-state index contributed by atoms with van der Waals surface area (Å²) in [6.07, 6.45) is 0. The summed E-state index contributed by atoms with van der Waals surface area (Å²) < 4.78 is 45.5. The van der Waals surface area contributed by atoms with Crippen LogP contribution < -0.4 is 10.6 Å². The van der Waals surface area contributed by atoms with Crippen LogP contribution in [0.3, 0.4) is 0 Å². The molecule has 9 nitrogen and oxygen atoms in total. The molecule has 0 radical (unpaired) electrons. The highest BCUT2D eigenvalue weighted by Gasteiger charge is 2.30. The van der Waals surface area contributed by atoms with E-state index in [9.17, 15) is 17.7 Å². The van der Waals surface area contributed by atoms with Crippen molar-refractivity contribution >= 4 is 50.2 Å². The first-order chi connectivity index (χ1) is 12.7. The number of sulfonamides is 1. The molecule has 1 aromatic rings. The number of nitrogens with zero attached hydrogens (tertiary/aromatic N) is 3. The van der Waals surface area contributed by atoms with E-state index in [0.717, 1.165) is 4.31 Å². The number of nitrogens with one attached hydrogen (secondary N) is 2. The summed E-state index contributed by atoms with van der Waals surface area (Å²) in [5.41, 5.74) is -0.0621. The Kier molecular flexibility index (Phi) is 6.44. The smallest absolute Gasteiger partial charge is 0.269 e. The van der Waals surface area contributed by atoms with Gasteiger partial charge < -0.3 is 15.7 Å². The average molecular weight is 450 g/mol. The lowest BCUT2D eigenvalue weighted by Gasteiger charge is -2.29. The Morgan fingerprint density at radius 3 is 2.32 bits per heavy atom. The SMILES string of the molecule is C[C@H](NC1=NS(=O)N=C1Nc1ccc(Cl)c(S(=O)(=O)N(C)C)c1O)C(C)(C)C. The van der Waals surface area contributed by atoms with Crippen LogP contribution in [-0.4, -0.2) is 53.8 Å². The van der Waals surface area contributed by atoms with Gasteiger partial charge in [-0.3, -0.25) is 0 Å². The number of halogens is 1. The van der Waals surface area contributed by atoms with Gasteiger partial charge in [0.2, 0.25) is 10.0 Å². The minimum absolute atomic E-state index is 0.0307. The number of aromatic hydroxyl groups is 1. The molecule has 0 saturated carbocycles. The summed E-state index contributed by atoms with van der Waals surface area (Å²) in [5, 5.41) is 16.4. The number of anilines is 1. The second kappa shape index (κ2) is 7.97. The fourth-order valence-corrected chi connectivity index (χ4v) is 4.17. The molecule has 0 saturated heterocycles. The van der Waals surface area contributed by atoms with Crippen LogP contribution in [0, 0.1) is 5.41 Å². The van der Waals surface area contributed by atoms with Gasteiger partial charge in [0.15, 0.2) is 17.4 Å². The normalized spacial score (nSPS) is 18.6. The first-order valence-corrected chi connectivity index (χ1v) is 11.2. The summed E-state index contributed by atoms with van der Waals surface area (Å²) in [6.45, 7) is 8.04. The van der Waals surface area contributed by atoms with Crippen molar-refractivity contribution in [2.45, 2.75) is 38.6 Å². The maximum Gasteiger partial charge on any atom is 0.269 e. The van der Waals surface area contributed by atoms with Crippen LogP contribution in [0.25, 0.3) is 0 Å². The molecule has 1 heterocycles. The van der Waals surface area contributed by atoms with Crippen molar-refractivity contribution < 1.29 is 17.7 Å². The first kappa shape index (κ1) is 22.6. The van der Waals surface area contributed by atoms with Gasteiger partial charge in [-0.1, -0.05) is 32.4 Å². The Morgan fingerprint density at radius 1 is 1.21 bits per heavy atom. The van der Waals surface area contributed by atoms with Gasteiger partial charge in [-0.15, -0.1) is 8.80 Å². The molecule has 2 rings (SSSR count). The second-order valence-corrected chi connectivity index (χ2v) is 10.9. The van der Waals surface area contributed by atoms with E-state index in [1.54, 1.807) is 0 Å². The fraction of sp³-hybridized carbons (Fsp3) is 0.500. The molecular formula is C16H24ClN5O4S2. The summed E-state index contributed by atoms with van der Waals surface area (Å²) in [7, 11) is -1.33. The molecule has 0 aliphatic carbocycles. The van der Waals surface area contributed by atoms with E-state index in [2.05, 4.69) is 19.4 Å². The quantitative estimate of drug-likeness (QED) is 0.605.